The van der Waals surface area contributed by atoms with Gasteiger partial charge in [-0.05, 0) is 37.8 Å². The minimum atomic E-state index is -0.112. The first-order valence-electron chi connectivity index (χ1n) is 6.08. The van der Waals surface area contributed by atoms with Gasteiger partial charge in [-0.1, -0.05) is 32.9 Å². The summed E-state index contributed by atoms with van der Waals surface area (Å²) in [6.45, 7) is 9.02. The third-order valence-corrected chi connectivity index (χ3v) is 4.00. The van der Waals surface area contributed by atoms with E-state index in [1.54, 1.807) is 0 Å². The predicted molar refractivity (Wildman–Crippen MR) is 63.8 cm³/mol. The van der Waals surface area contributed by atoms with Gasteiger partial charge in [0.25, 0.3) is 0 Å². The SMILES string of the molecule is CCC1=CCCC(C)(C)[C@]12C=CC(C)O2. The Morgan fingerprint density at radius 1 is 1.47 bits per heavy atom. The molecule has 0 saturated heterocycles. The Hall–Kier alpha value is -0.560. The standard InChI is InChI=1S/C14H22O/c1-5-12-7-6-9-13(3,4)14(12)10-8-11(2)15-14/h7-8,10-11H,5-6,9H2,1-4H3/t11?,14-/m0/s1. The molecule has 2 rings (SSSR count). The molecule has 0 bridgehead atoms. The van der Waals surface area contributed by atoms with E-state index in [4.69, 9.17) is 4.74 Å². The number of hydrogen-bond acceptors (Lipinski definition) is 1. The zero-order valence-corrected chi connectivity index (χ0v) is 10.3. The van der Waals surface area contributed by atoms with Gasteiger partial charge in [-0.25, -0.2) is 0 Å². The maximum atomic E-state index is 6.23. The van der Waals surface area contributed by atoms with Gasteiger partial charge in [0.15, 0.2) is 0 Å². The van der Waals surface area contributed by atoms with Crippen molar-refractivity contribution in [1.29, 1.82) is 0 Å². The van der Waals surface area contributed by atoms with Crippen molar-refractivity contribution in [2.45, 2.75) is 58.7 Å². The molecule has 2 aliphatic rings. The molecule has 1 nitrogen and oxygen atoms in total. The molecule has 1 heteroatoms. The van der Waals surface area contributed by atoms with Crippen LogP contribution in [0.1, 0.15) is 47.0 Å². The van der Waals surface area contributed by atoms with Crippen LogP contribution >= 0.6 is 0 Å². The monoisotopic (exact) mass is 206 g/mol. The fourth-order valence-electron chi connectivity index (χ4n) is 3.00. The van der Waals surface area contributed by atoms with E-state index in [0.717, 1.165) is 6.42 Å². The molecule has 0 N–H and O–H groups in total. The van der Waals surface area contributed by atoms with Crippen LogP contribution in [-0.4, -0.2) is 11.7 Å². The molecule has 1 aliphatic carbocycles. The van der Waals surface area contributed by atoms with E-state index >= 15 is 0 Å². The van der Waals surface area contributed by atoms with E-state index in [1.807, 2.05) is 0 Å². The Bertz CT molecular complexity index is 311. The van der Waals surface area contributed by atoms with Crippen molar-refractivity contribution in [1.82, 2.24) is 0 Å². The van der Waals surface area contributed by atoms with Crippen molar-refractivity contribution in [2.75, 3.05) is 0 Å². The zero-order chi connectivity index (χ0) is 11.1. The molecule has 0 amide bonds. The van der Waals surface area contributed by atoms with Gasteiger partial charge in [-0.2, -0.15) is 0 Å². The fraction of sp³-hybridized carbons (Fsp3) is 0.714. The average molecular weight is 206 g/mol. The number of hydrogen-bond donors (Lipinski definition) is 0. The van der Waals surface area contributed by atoms with Crippen LogP contribution in [0, 0.1) is 5.41 Å². The molecule has 0 aromatic rings. The van der Waals surface area contributed by atoms with Crippen molar-refractivity contribution >= 4 is 0 Å². The molecule has 1 unspecified atom stereocenters. The van der Waals surface area contributed by atoms with Crippen molar-refractivity contribution in [3.63, 3.8) is 0 Å². The molecule has 1 aliphatic heterocycles. The molecule has 0 radical (unpaired) electrons. The van der Waals surface area contributed by atoms with E-state index in [0.29, 0.717) is 0 Å². The van der Waals surface area contributed by atoms with Crippen molar-refractivity contribution in [3.05, 3.63) is 23.8 Å². The third-order valence-electron chi connectivity index (χ3n) is 4.00. The summed E-state index contributed by atoms with van der Waals surface area (Å²) in [4.78, 5) is 0. The normalized spacial score (nSPS) is 38.4. The molecule has 0 aromatic carbocycles. The molecule has 15 heavy (non-hydrogen) atoms. The fourth-order valence-corrected chi connectivity index (χ4v) is 3.00. The van der Waals surface area contributed by atoms with E-state index in [1.165, 1.54) is 18.4 Å². The quantitative estimate of drug-likeness (QED) is 0.592. The molecule has 1 spiro atoms. The highest BCUT2D eigenvalue weighted by Gasteiger charge is 2.50. The van der Waals surface area contributed by atoms with E-state index in [2.05, 4.69) is 45.9 Å². The average Bonchev–Trinajstić information content (AvgIpc) is 2.55. The topological polar surface area (TPSA) is 9.23 Å². The molecular formula is C14H22O. The van der Waals surface area contributed by atoms with Gasteiger partial charge in [0.05, 0.1) is 6.10 Å². The van der Waals surface area contributed by atoms with Crippen LogP contribution in [0.25, 0.3) is 0 Å². The maximum Gasteiger partial charge on any atom is 0.113 e. The molecule has 1 heterocycles. The van der Waals surface area contributed by atoms with Crippen LogP contribution in [0.3, 0.4) is 0 Å². The summed E-state index contributed by atoms with van der Waals surface area (Å²) in [6.07, 6.45) is 10.7. The highest BCUT2D eigenvalue weighted by Crippen LogP contribution is 2.51. The molecule has 0 saturated carbocycles. The smallest absolute Gasteiger partial charge is 0.113 e. The van der Waals surface area contributed by atoms with Gasteiger partial charge < -0.3 is 4.74 Å². The number of rotatable bonds is 1. The highest BCUT2D eigenvalue weighted by molar-refractivity contribution is 5.35. The van der Waals surface area contributed by atoms with Crippen LogP contribution in [0.4, 0.5) is 0 Å². The Kier molecular flexibility index (Phi) is 2.54. The summed E-state index contributed by atoms with van der Waals surface area (Å²) < 4.78 is 6.23. The van der Waals surface area contributed by atoms with Crippen molar-refractivity contribution in [3.8, 4) is 0 Å². The predicted octanol–water partition coefficient (Wildman–Crippen LogP) is 3.86. The van der Waals surface area contributed by atoms with Gasteiger partial charge >= 0.3 is 0 Å². The summed E-state index contributed by atoms with van der Waals surface area (Å²) in [6, 6.07) is 0. The zero-order valence-electron chi connectivity index (χ0n) is 10.3. The van der Waals surface area contributed by atoms with E-state index < -0.39 is 0 Å². The summed E-state index contributed by atoms with van der Waals surface area (Å²) in [5.74, 6) is 0. The Balaban J connectivity index is 2.43. The second-order valence-corrected chi connectivity index (χ2v) is 5.42. The Morgan fingerprint density at radius 2 is 2.20 bits per heavy atom. The largest absolute Gasteiger partial charge is 0.359 e. The lowest BCUT2D eigenvalue weighted by molar-refractivity contribution is -0.0752. The summed E-state index contributed by atoms with van der Waals surface area (Å²) in [5.41, 5.74) is 1.59. The first-order chi connectivity index (χ1) is 7.02. The lowest BCUT2D eigenvalue weighted by Crippen LogP contribution is -2.47. The third kappa shape index (κ3) is 1.48. The minimum Gasteiger partial charge on any atom is -0.359 e. The second kappa shape index (κ2) is 3.48. The van der Waals surface area contributed by atoms with Gasteiger partial charge in [-0.15, -0.1) is 0 Å². The molecule has 0 fully saturated rings. The van der Waals surface area contributed by atoms with Crippen LogP contribution in [0.2, 0.25) is 0 Å². The Labute approximate surface area is 93.2 Å². The molecule has 84 valence electrons. The first kappa shape index (κ1) is 10.9. The second-order valence-electron chi connectivity index (χ2n) is 5.42. The van der Waals surface area contributed by atoms with E-state index in [-0.39, 0.29) is 17.1 Å². The first-order valence-corrected chi connectivity index (χ1v) is 6.08. The lowest BCUT2D eigenvalue weighted by atomic mass is 9.64. The summed E-state index contributed by atoms with van der Waals surface area (Å²) in [7, 11) is 0. The maximum absolute atomic E-state index is 6.23. The van der Waals surface area contributed by atoms with Crippen molar-refractivity contribution < 1.29 is 4.74 Å². The summed E-state index contributed by atoms with van der Waals surface area (Å²) in [5, 5.41) is 0. The van der Waals surface area contributed by atoms with Gasteiger partial charge in [-0.3, -0.25) is 0 Å². The summed E-state index contributed by atoms with van der Waals surface area (Å²) >= 11 is 0. The molecular weight excluding hydrogens is 184 g/mol. The number of ether oxygens (including phenoxy) is 1. The Morgan fingerprint density at radius 3 is 2.73 bits per heavy atom. The van der Waals surface area contributed by atoms with Crippen LogP contribution in [0.15, 0.2) is 23.8 Å². The highest BCUT2D eigenvalue weighted by atomic mass is 16.5. The number of allylic oxidation sites excluding steroid dienone is 1. The van der Waals surface area contributed by atoms with Gasteiger partial charge in [0.2, 0.25) is 0 Å². The van der Waals surface area contributed by atoms with Gasteiger partial charge in [0.1, 0.15) is 5.60 Å². The van der Waals surface area contributed by atoms with E-state index in [9.17, 15) is 0 Å². The lowest BCUT2D eigenvalue weighted by Gasteiger charge is -2.47. The van der Waals surface area contributed by atoms with Crippen LogP contribution in [-0.2, 0) is 4.74 Å². The van der Waals surface area contributed by atoms with Crippen LogP contribution < -0.4 is 0 Å². The van der Waals surface area contributed by atoms with Gasteiger partial charge in [0, 0.05) is 5.41 Å². The van der Waals surface area contributed by atoms with Crippen molar-refractivity contribution in [2.24, 2.45) is 5.41 Å². The minimum absolute atomic E-state index is 0.112. The van der Waals surface area contributed by atoms with Crippen LogP contribution in [0.5, 0.6) is 0 Å². The molecule has 2 atom stereocenters. The molecule has 0 aromatic heterocycles.